The third kappa shape index (κ3) is 5.87. The van der Waals surface area contributed by atoms with Crippen LogP contribution in [-0.4, -0.2) is 46.9 Å². The number of hydrogen-bond donors (Lipinski definition) is 1. The average molecular weight is 425 g/mol. The number of carbonyl (C=O) groups excluding carboxylic acids is 2. The van der Waals surface area contributed by atoms with E-state index in [4.69, 9.17) is 4.74 Å². The molecule has 0 radical (unpaired) electrons. The van der Waals surface area contributed by atoms with Gasteiger partial charge in [0.25, 0.3) is 0 Å². The van der Waals surface area contributed by atoms with E-state index in [0.717, 1.165) is 16.7 Å². The van der Waals surface area contributed by atoms with Gasteiger partial charge in [0, 0.05) is 38.0 Å². The molecule has 0 spiro atoms. The number of benzene rings is 2. The number of carbonyl (C=O) groups is 2. The van der Waals surface area contributed by atoms with Crippen molar-refractivity contribution in [3.63, 3.8) is 0 Å². The lowest BCUT2D eigenvalue weighted by atomic mass is 10.1. The maximum atomic E-state index is 12.8. The third-order valence-corrected chi connectivity index (χ3v) is 5.34. The highest BCUT2D eigenvalue weighted by atomic mass is 32.2. The van der Waals surface area contributed by atoms with Gasteiger partial charge >= 0.3 is 6.09 Å². The van der Waals surface area contributed by atoms with E-state index in [-0.39, 0.29) is 12.5 Å². The maximum Gasteiger partial charge on any atom is 0.424 e. The van der Waals surface area contributed by atoms with Gasteiger partial charge in [0.15, 0.2) is 0 Å². The SMILES string of the molecule is CN(C)C(=O)CCSN(C(=O)OCc1ccccc1)c1ccc(-c2cn[nH]c2)cc1. The van der Waals surface area contributed by atoms with Crippen LogP contribution in [0.2, 0.25) is 0 Å². The van der Waals surface area contributed by atoms with Crippen molar-refractivity contribution in [2.24, 2.45) is 0 Å². The van der Waals surface area contributed by atoms with Gasteiger partial charge in [-0.15, -0.1) is 0 Å². The Morgan fingerprint density at radius 3 is 2.40 bits per heavy atom. The zero-order chi connectivity index (χ0) is 21.3. The predicted octanol–water partition coefficient (Wildman–Crippen LogP) is 4.35. The van der Waals surface area contributed by atoms with Crippen LogP contribution in [0.3, 0.4) is 0 Å². The van der Waals surface area contributed by atoms with Gasteiger partial charge in [-0.2, -0.15) is 5.10 Å². The first-order valence-corrected chi connectivity index (χ1v) is 10.4. The molecule has 1 heterocycles. The lowest BCUT2D eigenvalue weighted by molar-refractivity contribution is -0.128. The Labute approximate surface area is 180 Å². The van der Waals surface area contributed by atoms with Gasteiger partial charge in [0.1, 0.15) is 6.61 Å². The molecular formula is C22H24N4O3S. The smallest absolute Gasteiger partial charge is 0.424 e. The number of rotatable bonds is 8. The summed E-state index contributed by atoms with van der Waals surface area (Å²) in [6.45, 7) is 0.181. The third-order valence-electron chi connectivity index (χ3n) is 4.34. The normalized spacial score (nSPS) is 10.5. The molecule has 1 aromatic heterocycles. The standard InChI is InChI=1S/C22H24N4O3S/c1-25(2)21(27)12-13-30-26(22(28)29-16-17-6-4-3-5-7-17)20-10-8-18(9-11-20)19-14-23-24-15-19/h3-11,14-15H,12-13,16H2,1-2H3,(H,23,24). The van der Waals surface area contributed by atoms with Crippen molar-refractivity contribution in [1.82, 2.24) is 15.1 Å². The highest BCUT2D eigenvalue weighted by molar-refractivity contribution is 8.01. The molecule has 0 aliphatic carbocycles. The number of ether oxygens (including phenoxy) is 1. The summed E-state index contributed by atoms with van der Waals surface area (Å²) in [4.78, 5) is 26.2. The second kappa shape index (κ2) is 10.5. The molecule has 30 heavy (non-hydrogen) atoms. The number of aromatic amines is 1. The number of nitrogens with one attached hydrogen (secondary N) is 1. The quantitative estimate of drug-likeness (QED) is 0.544. The molecule has 0 atom stereocenters. The number of hydrogen-bond acceptors (Lipinski definition) is 5. The Bertz CT molecular complexity index is 944. The monoisotopic (exact) mass is 424 g/mol. The van der Waals surface area contributed by atoms with Crippen molar-refractivity contribution in [1.29, 1.82) is 0 Å². The Kier molecular flexibility index (Phi) is 7.51. The molecule has 2 amide bonds. The first kappa shape index (κ1) is 21.4. The summed E-state index contributed by atoms with van der Waals surface area (Å²) in [5.74, 6) is 0.469. The largest absolute Gasteiger partial charge is 0.444 e. The minimum Gasteiger partial charge on any atom is -0.444 e. The first-order valence-electron chi connectivity index (χ1n) is 9.47. The van der Waals surface area contributed by atoms with E-state index >= 15 is 0 Å². The van der Waals surface area contributed by atoms with Gasteiger partial charge in [-0.3, -0.25) is 9.89 Å². The average Bonchev–Trinajstić information content (AvgIpc) is 3.31. The fourth-order valence-electron chi connectivity index (χ4n) is 2.66. The van der Waals surface area contributed by atoms with E-state index in [1.807, 2.05) is 60.8 Å². The van der Waals surface area contributed by atoms with Crippen LogP contribution in [0.15, 0.2) is 67.0 Å². The molecular weight excluding hydrogens is 400 g/mol. The second-order valence-electron chi connectivity index (χ2n) is 6.74. The van der Waals surface area contributed by atoms with Crippen molar-refractivity contribution in [3.8, 4) is 11.1 Å². The molecule has 1 N–H and O–H groups in total. The highest BCUT2D eigenvalue weighted by Gasteiger charge is 2.19. The van der Waals surface area contributed by atoms with Gasteiger partial charge in [-0.25, -0.2) is 9.10 Å². The molecule has 0 unspecified atom stereocenters. The van der Waals surface area contributed by atoms with E-state index in [0.29, 0.717) is 17.9 Å². The zero-order valence-electron chi connectivity index (χ0n) is 16.9. The van der Waals surface area contributed by atoms with Gasteiger partial charge in [-0.1, -0.05) is 42.5 Å². The van der Waals surface area contributed by atoms with Gasteiger partial charge < -0.3 is 9.64 Å². The Hall–Kier alpha value is -3.26. The van der Waals surface area contributed by atoms with E-state index in [2.05, 4.69) is 10.2 Å². The molecule has 156 valence electrons. The van der Waals surface area contributed by atoms with Crippen molar-refractivity contribution >= 4 is 29.6 Å². The predicted molar refractivity (Wildman–Crippen MR) is 119 cm³/mol. The minimum atomic E-state index is -0.475. The molecule has 0 bridgehead atoms. The van der Waals surface area contributed by atoms with E-state index in [1.54, 1.807) is 25.2 Å². The first-order chi connectivity index (χ1) is 14.5. The Morgan fingerprint density at radius 1 is 1.03 bits per heavy atom. The van der Waals surface area contributed by atoms with E-state index in [1.165, 1.54) is 16.3 Å². The van der Waals surface area contributed by atoms with Crippen LogP contribution in [-0.2, 0) is 16.1 Å². The van der Waals surface area contributed by atoms with Crippen LogP contribution in [0, 0.1) is 0 Å². The number of aromatic nitrogens is 2. The summed E-state index contributed by atoms with van der Waals surface area (Å²) in [6.07, 6.45) is 3.40. The van der Waals surface area contributed by atoms with E-state index in [9.17, 15) is 9.59 Å². The minimum absolute atomic E-state index is 0.00964. The molecule has 0 saturated heterocycles. The molecule has 0 saturated carbocycles. The Morgan fingerprint density at radius 2 is 1.77 bits per heavy atom. The lowest BCUT2D eigenvalue weighted by Crippen LogP contribution is -2.27. The molecule has 3 rings (SSSR count). The van der Waals surface area contributed by atoms with Crippen molar-refractivity contribution in [2.45, 2.75) is 13.0 Å². The number of anilines is 1. The molecule has 3 aromatic rings. The van der Waals surface area contributed by atoms with Crippen molar-refractivity contribution in [2.75, 3.05) is 24.2 Å². The Balaban J connectivity index is 1.70. The lowest BCUT2D eigenvalue weighted by Gasteiger charge is -2.21. The summed E-state index contributed by atoms with van der Waals surface area (Å²) in [5.41, 5.74) is 3.54. The fourth-order valence-corrected chi connectivity index (χ4v) is 3.53. The van der Waals surface area contributed by atoms with Gasteiger partial charge in [-0.05, 0) is 35.2 Å². The number of amides is 2. The molecule has 0 aliphatic rings. The second-order valence-corrected chi connectivity index (χ2v) is 7.77. The summed E-state index contributed by atoms with van der Waals surface area (Å²) < 4.78 is 7.00. The fraction of sp³-hybridized carbons (Fsp3) is 0.227. The van der Waals surface area contributed by atoms with Crippen LogP contribution in [0.1, 0.15) is 12.0 Å². The van der Waals surface area contributed by atoms with Gasteiger partial charge in [0.2, 0.25) is 5.91 Å². The van der Waals surface area contributed by atoms with Gasteiger partial charge in [0.05, 0.1) is 11.9 Å². The van der Waals surface area contributed by atoms with E-state index < -0.39 is 6.09 Å². The van der Waals surface area contributed by atoms with Crippen LogP contribution in [0.5, 0.6) is 0 Å². The van der Waals surface area contributed by atoms with Crippen LogP contribution >= 0.6 is 11.9 Å². The summed E-state index contributed by atoms with van der Waals surface area (Å²) in [5, 5.41) is 6.75. The topological polar surface area (TPSA) is 78.5 Å². The molecule has 2 aromatic carbocycles. The summed E-state index contributed by atoms with van der Waals surface area (Å²) in [7, 11) is 3.43. The molecule has 7 nitrogen and oxygen atoms in total. The summed E-state index contributed by atoms with van der Waals surface area (Å²) in [6, 6.07) is 17.1. The van der Waals surface area contributed by atoms with Crippen LogP contribution in [0.25, 0.3) is 11.1 Å². The molecule has 8 heteroatoms. The number of nitrogens with zero attached hydrogens (tertiary/aromatic N) is 3. The van der Waals surface area contributed by atoms with Crippen molar-refractivity contribution < 1.29 is 14.3 Å². The number of H-pyrrole nitrogens is 1. The van der Waals surface area contributed by atoms with Crippen molar-refractivity contribution in [3.05, 3.63) is 72.6 Å². The van der Waals surface area contributed by atoms with Crippen LogP contribution in [0.4, 0.5) is 10.5 Å². The highest BCUT2D eigenvalue weighted by Crippen LogP contribution is 2.28. The van der Waals surface area contributed by atoms with Crippen LogP contribution < -0.4 is 4.31 Å². The molecule has 0 fully saturated rings. The maximum absolute atomic E-state index is 12.8. The summed E-state index contributed by atoms with van der Waals surface area (Å²) >= 11 is 1.26. The zero-order valence-corrected chi connectivity index (χ0v) is 17.8. The molecule has 0 aliphatic heterocycles.